The van der Waals surface area contributed by atoms with Crippen LogP contribution in [0.5, 0.6) is 0 Å². The molecule has 0 aliphatic heterocycles. The van der Waals surface area contributed by atoms with Crippen molar-refractivity contribution in [1.82, 2.24) is 15.5 Å². The SMILES string of the molecule is CC(CNC(=O)NCC1(CC(=O)O)CCCCC1)N(C)C. The average Bonchev–Trinajstić information content (AvgIpc) is 2.42. The highest BCUT2D eigenvalue weighted by Gasteiger charge is 2.34. The second-order valence-electron chi connectivity index (χ2n) is 6.51. The lowest BCUT2D eigenvalue weighted by Crippen LogP contribution is -2.47. The molecule has 2 amide bonds. The molecule has 6 heteroatoms. The number of urea groups is 1. The maximum atomic E-state index is 11.9. The van der Waals surface area contributed by atoms with E-state index in [0.29, 0.717) is 13.1 Å². The van der Waals surface area contributed by atoms with E-state index < -0.39 is 5.97 Å². The summed E-state index contributed by atoms with van der Waals surface area (Å²) in [5.74, 6) is -0.777. The highest BCUT2D eigenvalue weighted by atomic mass is 16.4. The first-order valence-electron chi connectivity index (χ1n) is 7.74. The number of carbonyl (C=O) groups is 2. The highest BCUT2D eigenvalue weighted by Crippen LogP contribution is 2.38. The molecule has 1 aliphatic rings. The normalized spacial score (nSPS) is 19.0. The Morgan fingerprint density at radius 3 is 2.33 bits per heavy atom. The van der Waals surface area contributed by atoms with Gasteiger partial charge < -0.3 is 20.6 Å². The number of carboxylic acids is 1. The summed E-state index contributed by atoms with van der Waals surface area (Å²) in [5, 5.41) is 14.8. The van der Waals surface area contributed by atoms with Gasteiger partial charge in [-0.05, 0) is 39.3 Å². The molecule has 0 aromatic carbocycles. The summed E-state index contributed by atoms with van der Waals surface area (Å²) in [7, 11) is 3.93. The first-order valence-corrected chi connectivity index (χ1v) is 7.74. The Kier molecular flexibility index (Phi) is 6.95. The molecule has 0 bridgehead atoms. The predicted molar refractivity (Wildman–Crippen MR) is 82.3 cm³/mol. The van der Waals surface area contributed by atoms with Crippen LogP contribution in [0.1, 0.15) is 45.4 Å². The van der Waals surface area contributed by atoms with E-state index in [9.17, 15) is 9.59 Å². The molecule has 1 saturated carbocycles. The van der Waals surface area contributed by atoms with E-state index in [1.54, 1.807) is 0 Å². The summed E-state index contributed by atoms with van der Waals surface area (Å²) < 4.78 is 0. The second-order valence-corrected chi connectivity index (χ2v) is 6.51. The molecule has 0 heterocycles. The van der Waals surface area contributed by atoms with E-state index in [4.69, 9.17) is 5.11 Å². The Morgan fingerprint density at radius 2 is 1.81 bits per heavy atom. The smallest absolute Gasteiger partial charge is 0.314 e. The molecule has 1 unspecified atom stereocenters. The molecule has 3 N–H and O–H groups in total. The number of carbonyl (C=O) groups excluding carboxylic acids is 1. The average molecular weight is 299 g/mol. The zero-order valence-corrected chi connectivity index (χ0v) is 13.4. The summed E-state index contributed by atoms with van der Waals surface area (Å²) in [6, 6.07) is 0.0532. The number of amides is 2. The lowest BCUT2D eigenvalue weighted by atomic mass is 9.72. The van der Waals surface area contributed by atoms with E-state index >= 15 is 0 Å². The van der Waals surface area contributed by atoms with Crippen LogP contribution in [-0.2, 0) is 4.79 Å². The van der Waals surface area contributed by atoms with Gasteiger partial charge in [-0.3, -0.25) is 4.79 Å². The lowest BCUT2D eigenvalue weighted by Gasteiger charge is -2.36. The van der Waals surface area contributed by atoms with E-state index in [1.807, 2.05) is 25.9 Å². The summed E-state index contributed by atoms with van der Waals surface area (Å²) >= 11 is 0. The van der Waals surface area contributed by atoms with Gasteiger partial charge in [0.05, 0.1) is 6.42 Å². The molecular formula is C15H29N3O3. The maximum Gasteiger partial charge on any atom is 0.314 e. The summed E-state index contributed by atoms with van der Waals surface area (Å²) in [4.78, 5) is 25.0. The number of nitrogens with one attached hydrogen (secondary N) is 2. The standard InChI is InChI=1S/C15H29N3O3/c1-12(18(2)3)10-16-14(21)17-11-15(9-13(19)20)7-5-4-6-8-15/h12H,4-11H2,1-3H3,(H,19,20)(H2,16,17,21). The first-order chi connectivity index (χ1) is 9.84. The van der Waals surface area contributed by atoms with Crippen molar-refractivity contribution in [2.45, 2.75) is 51.5 Å². The van der Waals surface area contributed by atoms with Crippen LogP contribution in [0.2, 0.25) is 0 Å². The van der Waals surface area contributed by atoms with Crippen molar-refractivity contribution in [3.05, 3.63) is 0 Å². The predicted octanol–water partition coefficient (Wildman–Crippen LogP) is 1.66. The quantitative estimate of drug-likeness (QED) is 0.668. The van der Waals surface area contributed by atoms with Crippen molar-refractivity contribution in [2.75, 3.05) is 27.2 Å². The molecule has 0 aromatic rings. The van der Waals surface area contributed by atoms with Crippen molar-refractivity contribution in [3.63, 3.8) is 0 Å². The molecular weight excluding hydrogens is 270 g/mol. The number of carboxylic acid groups (broad SMARTS) is 1. The van der Waals surface area contributed by atoms with Gasteiger partial charge in [0.1, 0.15) is 0 Å². The lowest BCUT2D eigenvalue weighted by molar-refractivity contribution is -0.140. The first kappa shape index (κ1) is 17.8. The molecule has 0 spiro atoms. The monoisotopic (exact) mass is 299 g/mol. The third-order valence-corrected chi connectivity index (χ3v) is 4.50. The molecule has 6 nitrogen and oxygen atoms in total. The van der Waals surface area contributed by atoms with Crippen LogP contribution in [0.25, 0.3) is 0 Å². The zero-order chi connectivity index (χ0) is 15.9. The number of aliphatic carboxylic acids is 1. The molecule has 0 aromatic heterocycles. The fourth-order valence-corrected chi connectivity index (χ4v) is 2.79. The molecule has 0 saturated heterocycles. The van der Waals surface area contributed by atoms with Crippen LogP contribution in [0.4, 0.5) is 4.79 Å². The molecule has 1 fully saturated rings. The van der Waals surface area contributed by atoms with Crippen molar-refractivity contribution in [2.24, 2.45) is 5.41 Å². The van der Waals surface area contributed by atoms with Gasteiger partial charge in [-0.2, -0.15) is 0 Å². The molecule has 1 aliphatic carbocycles. The number of rotatable bonds is 7. The molecule has 1 atom stereocenters. The van der Waals surface area contributed by atoms with Gasteiger partial charge in [-0.25, -0.2) is 4.79 Å². The van der Waals surface area contributed by atoms with Gasteiger partial charge >= 0.3 is 12.0 Å². The molecule has 1 rings (SSSR count). The minimum Gasteiger partial charge on any atom is -0.481 e. The number of likely N-dealkylation sites (N-methyl/N-ethyl adjacent to an activating group) is 1. The van der Waals surface area contributed by atoms with Crippen LogP contribution in [0.3, 0.4) is 0 Å². The van der Waals surface area contributed by atoms with Gasteiger partial charge in [0, 0.05) is 19.1 Å². The van der Waals surface area contributed by atoms with Crippen LogP contribution in [0.15, 0.2) is 0 Å². The van der Waals surface area contributed by atoms with Crippen molar-refractivity contribution >= 4 is 12.0 Å². The van der Waals surface area contributed by atoms with Gasteiger partial charge in [-0.1, -0.05) is 19.3 Å². The van der Waals surface area contributed by atoms with Crippen LogP contribution >= 0.6 is 0 Å². The van der Waals surface area contributed by atoms with Crippen LogP contribution < -0.4 is 10.6 Å². The Labute approximate surface area is 127 Å². The summed E-state index contributed by atoms with van der Waals surface area (Å²) in [6.07, 6.45) is 5.17. The molecule has 0 radical (unpaired) electrons. The van der Waals surface area contributed by atoms with Crippen LogP contribution in [-0.4, -0.2) is 55.2 Å². The van der Waals surface area contributed by atoms with Crippen molar-refractivity contribution in [3.8, 4) is 0 Å². The zero-order valence-electron chi connectivity index (χ0n) is 13.4. The van der Waals surface area contributed by atoms with E-state index in [2.05, 4.69) is 10.6 Å². The maximum absolute atomic E-state index is 11.9. The van der Waals surface area contributed by atoms with Gasteiger partial charge in [0.15, 0.2) is 0 Å². The summed E-state index contributed by atoms with van der Waals surface area (Å²) in [5.41, 5.74) is -0.269. The third-order valence-electron chi connectivity index (χ3n) is 4.50. The third kappa shape index (κ3) is 6.33. The van der Waals surface area contributed by atoms with Gasteiger partial charge in [-0.15, -0.1) is 0 Å². The van der Waals surface area contributed by atoms with Crippen LogP contribution in [0, 0.1) is 5.41 Å². The molecule has 21 heavy (non-hydrogen) atoms. The van der Waals surface area contributed by atoms with Crippen molar-refractivity contribution < 1.29 is 14.7 Å². The number of hydrogen-bond donors (Lipinski definition) is 3. The Bertz CT molecular complexity index is 352. The van der Waals surface area contributed by atoms with E-state index in [0.717, 1.165) is 32.1 Å². The van der Waals surface area contributed by atoms with E-state index in [1.165, 1.54) is 0 Å². The number of nitrogens with zero attached hydrogens (tertiary/aromatic N) is 1. The second kappa shape index (κ2) is 8.22. The fraction of sp³-hybridized carbons (Fsp3) is 0.867. The van der Waals surface area contributed by atoms with E-state index in [-0.39, 0.29) is 23.9 Å². The topological polar surface area (TPSA) is 81.7 Å². The van der Waals surface area contributed by atoms with Gasteiger partial charge in [0.25, 0.3) is 0 Å². The highest BCUT2D eigenvalue weighted by molar-refractivity contribution is 5.74. The van der Waals surface area contributed by atoms with Gasteiger partial charge in [0.2, 0.25) is 0 Å². The largest absolute Gasteiger partial charge is 0.481 e. The Morgan fingerprint density at radius 1 is 1.19 bits per heavy atom. The summed E-state index contributed by atoms with van der Waals surface area (Å²) in [6.45, 7) is 3.06. The minimum absolute atomic E-state index is 0.140. The Hall–Kier alpha value is -1.30. The fourth-order valence-electron chi connectivity index (χ4n) is 2.79. The minimum atomic E-state index is -0.777. The number of hydrogen-bond acceptors (Lipinski definition) is 3. The van der Waals surface area contributed by atoms with Crippen molar-refractivity contribution in [1.29, 1.82) is 0 Å². The molecule has 122 valence electrons. The Balaban J connectivity index is 2.42.